The van der Waals surface area contributed by atoms with E-state index in [9.17, 15) is 0 Å². The maximum atomic E-state index is 5.78. The fourth-order valence-corrected chi connectivity index (χ4v) is 3.06. The Morgan fingerprint density at radius 2 is 1.60 bits per heavy atom. The second-order valence-corrected chi connectivity index (χ2v) is 6.14. The van der Waals surface area contributed by atoms with Gasteiger partial charge in [0.25, 0.3) is 0 Å². The van der Waals surface area contributed by atoms with Crippen molar-refractivity contribution in [2.75, 3.05) is 13.2 Å². The predicted octanol–water partition coefficient (Wildman–Crippen LogP) is 5.52. The molecule has 0 fully saturated rings. The van der Waals surface area contributed by atoms with Crippen LogP contribution in [0.3, 0.4) is 0 Å². The van der Waals surface area contributed by atoms with Gasteiger partial charge in [-0.3, -0.25) is 0 Å². The second kappa shape index (κ2) is 7.31. The average Bonchev–Trinajstić information content (AvgIpc) is 2.43. The Kier molecular flexibility index (Phi) is 5.72. The SMILES string of the molecule is CCOc1cc(-c2ccccc2Br)c(OCC)cc1I. The van der Waals surface area contributed by atoms with Gasteiger partial charge in [-0.05, 0) is 60.2 Å². The summed E-state index contributed by atoms with van der Waals surface area (Å²) >= 11 is 5.88. The third-order valence-electron chi connectivity index (χ3n) is 2.80. The van der Waals surface area contributed by atoms with Crippen molar-refractivity contribution in [2.45, 2.75) is 13.8 Å². The topological polar surface area (TPSA) is 18.5 Å². The van der Waals surface area contributed by atoms with E-state index < -0.39 is 0 Å². The molecule has 4 heteroatoms. The van der Waals surface area contributed by atoms with Gasteiger partial charge in [-0.1, -0.05) is 34.1 Å². The molecule has 106 valence electrons. The fourth-order valence-electron chi connectivity index (χ4n) is 1.97. The van der Waals surface area contributed by atoms with Gasteiger partial charge in [0, 0.05) is 10.0 Å². The van der Waals surface area contributed by atoms with Crippen molar-refractivity contribution in [3.05, 3.63) is 44.4 Å². The first-order valence-corrected chi connectivity index (χ1v) is 8.38. The Hall–Kier alpha value is -0.750. The monoisotopic (exact) mass is 446 g/mol. The zero-order chi connectivity index (χ0) is 14.5. The predicted molar refractivity (Wildman–Crippen MR) is 94.6 cm³/mol. The summed E-state index contributed by atoms with van der Waals surface area (Å²) in [5.74, 6) is 1.77. The van der Waals surface area contributed by atoms with E-state index in [1.165, 1.54) is 0 Å². The first kappa shape index (κ1) is 15.6. The largest absolute Gasteiger partial charge is 0.493 e. The molecule has 20 heavy (non-hydrogen) atoms. The summed E-state index contributed by atoms with van der Waals surface area (Å²) in [5.41, 5.74) is 2.15. The molecule has 0 bridgehead atoms. The van der Waals surface area contributed by atoms with Crippen LogP contribution in [0.5, 0.6) is 11.5 Å². The van der Waals surface area contributed by atoms with Crippen molar-refractivity contribution in [1.29, 1.82) is 0 Å². The minimum Gasteiger partial charge on any atom is -0.493 e. The fraction of sp³-hybridized carbons (Fsp3) is 0.250. The van der Waals surface area contributed by atoms with Gasteiger partial charge in [-0.15, -0.1) is 0 Å². The van der Waals surface area contributed by atoms with Crippen LogP contribution in [0, 0.1) is 3.57 Å². The first-order valence-electron chi connectivity index (χ1n) is 6.51. The lowest BCUT2D eigenvalue weighted by Crippen LogP contribution is -1.99. The molecule has 0 spiro atoms. The van der Waals surface area contributed by atoms with Crippen LogP contribution in [-0.2, 0) is 0 Å². The van der Waals surface area contributed by atoms with Crippen molar-refractivity contribution < 1.29 is 9.47 Å². The second-order valence-electron chi connectivity index (χ2n) is 4.12. The van der Waals surface area contributed by atoms with Gasteiger partial charge in [0.05, 0.1) is 16.8 Å². The van der Waals surface area contributed by atoms with Crippen LogP contribution in [0.25, 0.3) is 11.1 Å². The lowest BCUT2D eigenvalue weighted by molar-refractivity contribution is 0.329. The van der Waals surface area contributed by atoms with E-state index in [4.69, 9.17) is 9.47 Å². The Bertz CT molecular complexity index is 599. The molecule has 0 atom stereocenters. The maximum Gasteiger partial charge on any atom is 0.133 e. The molecule has 2 nitrogen and oxygen atoms in total. The highest BCUT2D eigenvalue weighted by Gasteiger charge is 2.14. The van der Waals surface area contributed by atoms with E-state index in [0.717, 1.165) is 30.7 Å². The zero-order valence-corrected chi connectivity index (χ0v) is 15.2. The average molecular weight is 447 g/mol. The van der Waals surface area contributed by atoms with Crippen molar-refractivity contribution in [2.24, 2.45) is 0 Å². The lowest BCUT2D eigenvalue weighted by atomic mass is 10.0. The number of rotatable bonds is 5. The summed E-state index contributed by atoms with van der Waals surface area (Å²) in [6.45, 7) is 5.28. The normalized spacial score (nSPS) is 10.4. The van der Waals surface area contributed by atoms with Gasteiger partial charge in [0.2, 0.25) is 0 Å². The molecule has 0 aromatic heterocycles. The quantitative estimate of drug-likeness (QED) is 0.563. The zero-order valence-electron chi connectivity index (χ0n) is 11.5. The van der Waals surface area contributed by atoms with Crippen LogP contribution in [-0.4, -0.2) is 13.2 Å². The molecule has 0 heterocycles. The van der Waals surface area contributed by atoms with E-state index in [2.05, 4.69) is 50.7 Å². The molecule has 2 rings (SSSR count). The molecule has 0 radical (unpaired) electrons. The molecule has 0 aliphatic heterocycles. The Morgan fingerprint density at radius 1 is 0.950 bits per heavy atom. The van der Waals surface area contributed by atoms with Crippen molar-refractivity contribution in [1.82, 2.24) is 0 Å². The highest BCUT2D eigenvalue weighted by atomic mass is 127. The molecule has 0 aliphatic rings. The highest BCUT2D eigenvalue weighted by molar-refractivity contribution is 14.1. The number of hydrogen-bond acceptors (Lipinski definition) is 2. The third-order valence-corrected chi connectivity index (χ3v) is 4.33. The van der Waals surface area contributed by atoms with Crippen LogP contribution in [0.2, 0.25) is 0 Å². The van der Waals surface area contributed by atoms with Gasteiger partial charge >= 0.3 is 0 Å². The summed E-state index contributed by atoms with van der Waals surface area (Å²) in [6, 6.07) is 12.2. The summed E-state index contributed by atoms with van der Waals surface area (Å²) in [4.78, 5) is 0. The van der Waals surface area contributed by atoms with E-state index in [-0.39, 0.29) is 0 Å². The highest BCUT2D eigenvalue weighted by Crippen LogP contribution is 2.39. The van der Waals surface area contributed by atoms with Gasteiger partial charge in [-0.25, -0.2) is 0 Å². The summed E-state index contributed by atoms with van der Waals surface area (Å²) < 4.78 is 13.6. The van der Waals surface area contributed by atoms with Gasteiger partial charge in [0.15, 0.2) is 0 Å². The molecule has 0 unspecified atom stereocenters. The van der Waals surface area contributed by atoms with Gasteiger partial charge < -0.3 is 9.47 Å². The molecule has 0 amide bonds. The first-order chi connectivity index (χ1) is 9.67. The lowest BCUT2D eigenvalue weighted by Gasteiger charge is -2.15. The number of ether oxygens (including phenoxy) is 2. The van der Waals surface area contributed by atoms with E-state index in [1.807, 2.05) is 38.1 Å². The smallest absolute Gasteiger partial charge is 0.133 e. The van der Waals surface area contributed by atoms with E-state index >= 15 is 0 Å². The van der Waals surface area contributed by atoms with Crippen molar-refractivity contribution in [3.8, 4) is 22.6 Å². The minimum atomic E-state index is 0.640. The summed E-state index contributed by atoms with van der Waals surface area (Å²) in [5, 5.41) is 0. The van der Waals surface area contributed by atoms with Crippen molar-refractivity contribution >= 4 is 38.5 Å². The van der Waals surface area contributed by atoms with Gasteiger partial charge in [-0.2, -0.15) is 0 Å². The molecule has 0 N–H and O–H groups in total. The molecular formula is C16H16BrIO2. The van der Waals surface area contributed by atoms with Crippen LogP contribution in [0.4, 0.5) is 0 Å². The summed E-state index contributed by atoms with van der Waals surface area (Å²) in [6.07, 6.45) is 0. The van der Waals surface area contributed by atoms with Crippen LogP contribution in [0.15, 0.2) is 40.9 Å². The number of benzene rings is 2. The maximum absolute atomic E-state index is 5.78. The Balaban J connectivity index is 2.59. The van der Waals surface area contributed by atoms with Crippen LogP contribution < -0.4 is 9.47 Å². The van der Waals surface area contributed by atoms with Crippen LogP contribution in [0.1, 0.15) is 13.8 Å². The molecule has 2 aromatic rings. The molecule has 0 aliphatic carbocycles. The summed E-state index contributed by atoms with van der Waals surface area (Å²) in [7, 11) is 0. The third kappa shape index (κ3) is 3.47. The molecule has 2 aromatic carbocycles. The number of halogens is 2. The molecule has 0 saturated carbocycles. The van der Waals surface area contributed by atoms with Crippen molar-refractivity contribution in [3.63, 3.8) is 0 Å². The standard InChI is InChI=1S/C16H16BrIO2/c1-3-19-15-10-14(18)16(20-4-2)9-12(15)11-7-5-6-8-13(11)17/h5-10H,3-4H2,1-2H3. The number of hydrogen-bond donors (Lipinski definition) is 0. The minimum absolute atomic E-state index is 0.640. The molecule has 0 saturated heterocycles. The molecular weight excluding hydrogens is 431 g/mol. The Labute approximate surface area is 141 Å². The van der Waals surface area contributed by atoms with Gasteiger partial charge in [0.1, 0.15) is 11.5 Å². The van der Waals surface area contributed by atoms with E-state index in [1.54, 1.807) is 0 Å². The van der Waals surface area contributed by atoms with E-state index in [0.29, 0.717) is 13.2 Å². The Morgan fingerprint density at radius 3 is 2.25 bits per heavy atom. The van der Waals surface area contributed by atoms with Crippen LogP contribution >= 0.6 is 38.5 Å².